The molecule has 0 amide bonds. The van der Waals surface area contributed by atoms with Crippen LogP contribution in [0.3, 0.4) is 0 Å². The van der Waals surface area contributed by atoms with Gasteiger partial charge in [-0.25, -0.2) is 9.67 Å². The molecule has 1 aromatic heterocycles. The van der Waals surface area contributed by atoms with Crippen molar-refractivity contribution in [2.75, 3.05) is 5.32 Å². The predicted molar refractivity (Wildman–Crippen MR) is 73.6 cm³/mol. The lowest BCUT2D eigenvalue weighted by Crippen LogP contribution is -2.13. The van der Waals surface area contributed by atoms with Gasteiger partial charge in [0.1, 0.15) is 12.2 Å². The van der Waals surface area contributed by atoms with Crippen molar-refractivity contribution >= 4 is 17.3 Å². The number of halogens is 1. The highest BCUT2D eigenvalue weighted by atomic mass is 35.5. The highest BCUT2D eigenvalue weighted by molar-refractivity contribution is 6.30. The van der Waals surface area contributed by atoms with E-state index in [4.69, 9.17) is 11.6 Å². The third-order valence-corrected chi connectivity index (χ3v) is 2.74. The van der Waals surface area contributed by atoms with Crippen molar-refractivity contribution in [1.29, 1.82) is 0 Å². The average molecular weight is 265 g/mol. The van der Waals surface area contributed by atoms with E-state index in [1.165, 1.54) is 0 Å². The fourth-order valence-electron chi connectivity index (χ4n) is 1.70. The van der Waals surface area contributed by atoms with E-state index in [9.17, 15) is 0 Å². The van der Waals surface area contributed by atoms with Crippen LogP contribution in [0.25, 0.3) is 0 Å². The summed E-state index contributed by atoms with van der Waals surface area (Å²) in [4.78, 5) is 4.26. The number of rotatable bonds is 5. The van der Waals surface area contributed by atoms with Crippen molar-refractivity contribution < 1.29 is 0 Å². The fourth-order valence-corrected chi connectivity index (χ4v) is 1.89. The minimum atomic E-state index is 0.552. The minimum absolute atomic E-state index is 0.552. The molecule has 0 fully saturated rings. The van der Waals surface area contributed by atoms with E-state index in [-0.39, 0.29) is 0 Å². The second-order valence-electron chi connectivity index (χ2n) is 4.62. The summed E-state index contributed by atoms with van der Waals surface area (Å²) >= 11 is 5.93. The first-order valence-electron chi connectivity index (χ1n) is 6.01. The van der Waals surface area contributed by atoms with Crippen LogP contribution in [-0.4, -0.2) is 14.8 Å². The van der Waals surface area contributed by atoms with Gasteiger partial charge in [-0.2, -0.15) is 5.10 Å². The van der Waals surface area contributed by atoms with Gasteiger partial charge in [-0.1, -0.05) is 31.5 Å². The van der Waals surface area contributed by atoms with Gasteiger partial charge < -0.3 is 5.32 Å². The molecule has 0 saturated carbocycles. The largest absolute Gasteiger partial charge is 0.378 e. The van der Waals surface area contributed by atoms with E-state index in [1.807, 2.05) is 28.9 Å². The summed E-state index contributed by atoms with van der Waals surface area (Å²) in [5.74, 6) is 1.49. The monoisotopic (exact) mass is 264 g/mol. The van der Waals surface area contributed by atoms with Crippen molar-refractivity contribution in [3.05, 3.63) is 41.4 Å². The molecule has 0 unspecified atom stereocenters. The Morgan fingerprint density at radius 1 is 1.39 bits per heavy atom. The molecule has 18 heavy (non-hydrogen) atoms. The Morgan fingerprint density at radius 2 is 2.22 bits per heavy atom. The molecule has 0 spiro atoms. The Morgan fingerprint density at radius 3 is 2.94 bits per heavy atom. The molecule has 4 nitrogen and oxygen atoms in total. The van der Waals surface area contributed by atoms with Crippen LogP contribution >= 0.6 is 11.6 Å². The van der Waals surface area contributed by atoms with E-state index < -0.39 is 0 Å². The number of anilines is 1. The molecule has 0 atom stereocenters. The van der Waals surface area contributed by atoms with Crippen LogP contribution in [0.4, 0.5) is 5.69 Å². The van der Waals surface area contributed by atoms with E-state index in [1.54, 1.807) is 6.33 Å². The van der Waals surface area contributed by atoms with Crippen molar-refractivity contribution in [2.45, 2.75) is 26.9 Å². The molecular weight excluding hydrogens is 248 g/mol. The topological polar surface area (TPSA) is 42.7 Å². The number of aromatic nitrogens is 3. The zero-order valence-corrected chi connectivity index (χ0v) is 11.4. The summed E-state index contributed by atoms with van der Waals surface area (Å²) in [5.41, 5.74) is 0.988. The van der Waals surface area contributed by atoms with E-state index in [2.05, 4.69) is 29.2 Å². The van der Waals surface area contributed by atoms with Gasteiger partial charge in [-0.15, -0.1) is 0 Å². The molecular formula is C13H17ClN4. The number of nitrogens with one attached hydrogen (secondary N) is 1. The number of nitrogens with zero attached hydrogens (tertiary/aromatic N) is 3. The quantitative estimate of drug-likeness (QED) is 0.902. The van der Waals surface area contributed by atoms with Crippen LogP contribution in [-0.2, 0) is 13.1 Å². The molecule has 0 bridgehead atoms. The third kappa shape index (κ3) is 3.47. The highest BCUT2D eigenvalue weighted by Crippen LogP contribution is 2.15. The maximum Gasteiger partial charge on any atom is 0.146 e. The zero-order chi connectivity index (χ0) is 13.0. The second-order valence-corrected chi connectivity index (χ2v) is 5.05. The minimum Gasteiger partial charge on any atom is -0.378 e. The maximum absolute atomic E-state index is 5.93. The molecule has 96 valence electrons. The molecule has 0 aliphatic heterocycles. The number of hydrogen-bond donors (Lipinski definition) is 1. The van der Waals surface area contributed by atoms with Crippen LogP contribution < -0.4 is 5.32 Å². The molecule has 2 rings (SSSR count). The smallest absolute Gasteiger partial charge is 0.146 e. The van der Waals surface area contributed by atoms with Gasteiger partial charge in [0.25, 0.3) is 0 Å². The second kappa shape index (κ2) is 5.87. The molecule has 0 saturated heterocycles. The SMILES string of the molecule is CC(C)Cn1ncnc1CNc1cccc(Cl)c1. The average Bonchev–Trinajstić information content (AvgIpc) is 2.73. The predicted octanol–water partition coefficient (Wildman–Crippen LogP) is 3.20. The van der Waals surface area contributed by atoms with Gasteiger partial charge in [0.2, 0.25) is 0 Å². The molecule has 1 heterocycles. The number of benzene rings is 1. The van der Waals surface area contributed by atoms with Crippen molar-refractivity contribution in [3.63, 3.8) is 0 Å². The molecule has 0 radical (unpaired) electrons. The summed E-state index contributed by atoms with van der Waals surface area (Å²) in [6.45, 7) is 5.85. The van der Waals surface area contributed by atoms with Gasteiger partial charge >= 0.3 is 0 Å². The van der Waals surface area contributed by atoms with Crippen LogP contribution in [0.15, 0.2) is 30.6 Å². The normalized spacial score (nSPS) is 10.9. The van der Waals surface area contributed by atoms with Crippen molar-refractivity contribution in [3.8, 4) is 0 Å². The van der Waals surface area contributed by atoms with E-state index in [0.717, 1.165) is 23.1 Å². The third-order valence-electron chi connectivity index (χ3n) is 2.51. The number of hydrogen-bond acceptors (Lipinski definition) is 3. The summed E-state index contributed by atoms with van der Waals surface area (Å²) in [5, 5.41) is 8.25. The van der Waals surface area contributed by atoms with Gasteiger partial charge in [0, 0.05) is 17.3 Å². The van der Waals surface area contributed by atoms with Crippen LogP contribution in [0.5, 0.6) is 0 Å². The standard InChI is InChI=1S/C13H17ClN4/c1-10(2)8-18-13(16-9-17-18)7-15-12-5-3-4-11(14)6-12/h3-6,9-10,15H,7-8H2,1-2H3. The first-order chi connectivity index (χ1) is 8.65. The summed E-state index contributed by atoms with van der Waals surface area (Å²) < 4.78 is 1.93. The molecule has 1 aromatic carbocycles. The Labute approximate surface area is 112 Å². The lowest BCUT2D eigenvalue weighted by atomic mass is 10.2. The fraction of sp³-hybridized carbons (Fsp3) is 0.385. The lowest BCUT2D eigenvalue weighted by Gasteiger charge is -2.10. The molecule has 5 heteroatoms. The first-order valence-corrected chi connectivity index (χ1v) is 6.39. The molecule has 1 N–H and O–H groups in total. The summed E-state index contributed by atoms with van der Waals surface area (Å²) in [7, 11) is 0. The molecule has 0 aliphatic carbocycles. The van der Waals surface area contributed by atoms with Gasteiger partial charge in [-0.05, 0) is 24.1 Å². The summed E-state index contributed by atoms with van der Waals surface area (Å²) in [6.07, 6.45) is 1.59. The molecule has 0 aliphatic rings. The van der Waals surface area contributed by atoms with Crippen molar-refractivity contribution in [2.24, 2.45) is 5.92 Å². The Balaban J connectivity index is 2.00. The van der Waals surface area contributed by atoms with Gasteiger partial charge in [0.05, 0.1) is 6.54 Å². The highest BCUT2D eigenvalue weighted by Gasteiger charge is 2.05. The summed E-state index contributed by atoms with van der Waals surface area (Å²) in [6, 6.07) is 7.65. The Bertz CT molecular complexity index is 507. The Hall–Kier alpha value is -1.55. The van der Waals surface area contributed by atoms with Crippen LogP contribution in [0.1, 0.15) is 19.7 Å². The Kier molecular flexibility index (Phi) is 4.20. The van der Waals surface area contributed by atoms with E-state index in [0.29, 0.717) is 12.5 Å². The first kappa shape index (κ1) is 12.9. The van der Waals surface area contributed by atoms with E-state index >= 15 is 0 Å². The van der Waals surface area contributed by atoms with Crippen LogP contribution in [0, 0.1) is 5.92 Å². The van der Waals surface area contributed by atoms with Gasteiger partial charge in [0.15, 0.2) is 0 Å². The van der Waals surface area contributed by atoms with Crippen LogP contribution in [0.2, 0.25) is 5.02 Å². The van der Waals surface area contributed by atoms with Gasteiger partial charge in [-0.3, -0.25) is 0 Å². The lowest BCUT2D eigenvalue weighted by molar-refractivity contribution is 0.468. The molecule has 2 aromatic rings. The zero-order valence-electron chi connectivity index (χ0n) is 10.6. The maximum atomic E-state index is 5.93. The van der Waals surface area contributed by atoms with Crippen molar-refractivity contribution in [1.82, 2.24) is 14.8 Å².